The highest BCUT2D eigenvalue weighted by Crippen LogP contribution is 2.73. The van der Waals surface area contributed by atoms with E-state index in [0.29, 0.717) is 6.42 Å². The second-order valence-electron chi connectivity index (χ2n) is 16.7. The molecule has 0 unspecified atom stereocenters. The second kappa shape index (κ2) is 11.6. The summed E-state index contributed by atoms with van der Waals surface area (Å²) in [7, 11) is 0. The molecule has 0 radical (unpaired) electrons. The minimum atomic E-state index is -2.05. The van der Waals surface area contributed by atoms with Gasteiger partial charge in [-0.25, -0.2) is 0 Å². The van der Waals surface area contributed by atoms with E-state index in [1.54, 1.807) is 19.9 Å². The van der Waals surface area contributed by atoms with Gasteiger partial charge < -0.3 is 45.2 Å². The van der Waals surface area contributed by atoms with Crippen LogP contribution in [0.2, 0.25) is 0 Å². The lowest BCUT2D eigenvalue weighted by molar-refractivity contribution is -0.291. The number of allylic oxidation sites excluding steroid dienone is 4. The highest BCUT2D eigenvalue weighted by atomic mass is 16.7. The fourth-order valence-electron chi connectivity index (χ4n) is 9.94. The van der Waals surface area contributed by atoms with E-state index in [2.05, 4.69) is 0 Å². The lowest BCUT2D eigenvalue weighted by Gasteiger charge is -2.63. The van der Waals surface area contributed by atoms with Crippen molar-refractivity contribution < 1.29 is 59.6 Å². The Morgan fingerprint density at radius 1 is 1.00 bits per heavy atom. The van der Waals surface area contributed by atoms with E-state index in [9.17, 15) is 50.1 Å². The van der Waals surface area contributed by atoms with Crippen LogP contribution in [0.25, 0.3) is 0 Å². The van der Waals surface area contributed by atoms with Crippen LogP contribution in [0.15, 0.2) is 35.6 Å². The van der Waals surface area contributed by atoms with Gasteiger partial charge in [0.2, 0.25) is 12.1 Å². The van der Waals surface area contributed by atoms with Gasteiger partial charge in [-0.15, -0.1) is 0 Å². The summed E-state index contributed by atoms with van der Waals surface area (Å²) in [6.45, 7) is 12.8. The van der Waals surface area contributed by atoms with Crippen molar-refractivity contribution in [1.82, 2.24) is 0 Å². The lowest BCUT2D eigenvalue weighted by atomic mass is 9.39. The van der Waals surface area contributed by atoms with Crippen LogP contribution in [-0.4, -0.2) is 108 Å². The summed E-state index contributed by atoms with van der Waals surface area (Å²) < 4.78 is 11.5. The van der Waals surface area contributed by atoms with Crippen LogP contribution in [0.1, 0.15) is 74.7 Å². The zero-order chi connectivity index (χ0) is 36.2. The molecule has 12 heteroatoms. The van der Waals surface area contributed by atoms with Crippen molar-refractivity contribution in [3.05, 3.63) is 35.6 Å². The van der Waals surface area contributed by atoms with E-state index in [1.807, 2.05) is 26.8 Å². The summed E-state index contributed by atoms with van der Waals surface area (Å²) >= 11 is 0. The first kappa shape index (κ1) is 37.0. The van der Waals surface area contributed by atoms with Gasteiger partial charge in [0.1, 0.15) is 35.8 Å². The van der Waals surface area contributed by atoms with Gasteiger partial charge in [-0.1, -0.05) is 38.5 Å². The van der Waals surface area contributed by atoms with Crippen LogP contribution in [0.4, 0.5) is 0 Å². The van der Waals surface area contributed by atoms with Crippen LogP contribution in [0.3, 0.4) is 0 Å². The molecule has 0 aromatic carbocycles. The number of carbonyl (C=O) groups is 3. The third kappa shape index (κ3) is 5.21. The van der Waals surface area contributed by atoms with E-state index in [4.69, 9.17) is 9.47 Å². The molecule has 12 nitrogen and oxygen atoms in total. The minimum absolute atomic E-state index is 0.0637. The normalized spacial score (nSPS) is 45.4. The van der Waals surface area contributed by atoms with Crippen LogP contribution in [0.5, 0.6) is 0 Å². The quantitative estimate of drug-likeness (QED) is 0.148. The van der Waals surface area contributed by atoms with Crippen molar-refractivity contribution in [2.75, 3.05) is 6.61 Å². The van der Waals surface area contributed by atoms with Crippen molar-refractivity contribution in [1.29, 1.82) is 0 Å². The first-order valence-corrected chi connectivity index (χ1v) is 16.7. The molecule has 1 aliphatic heterocycles. The Balaban J connectivity index is 1.55. The molecule has 0 spiro atoms. The Kier molecular flexibility index (Phi) is 8.96. The van der Waals surface area contributed by atoms with Crippen molar-refractivity contribution in [3.8, 4) is 0 Å². The smallest absolute Gasteiger partial charge is 0.229 e. The maximum atomic E-state index is 14.7. The van der Waals surface area contributed by atoms with Crippen LogP contribution in [-0.2, 0) is 23.9 Å². The van der Waals surface area contributed by atoms with E-state index in [-0.39, 0.29) is 24.4 Å². The number of ketones is 3. The van der Waals surface area contributed by atoms with Gasteiger partial charge in [-0.3, -0.25) is 14.4 Å². The number of hydrogen-bond donors (Lipinski definition) is 7. The fourth-order valence-corrected chi connectivity index (χ4v) is 9.94. The van der Waals surface area contributed by atoms with Gasteiger partial charge in [0, 0.05) is 23.7 Å². The van der Waals surface area contributed by atoms with E-state index < -0.39 is 106 Å². The average Bonchev–Trinajstić information content (AvgIpc) is 3.19. The molecule has 4 aliphatic carbocycles. The molecule has 1 heterocycles. The maximum absolute atomic E-state index is 14.7. The molecule has 0 aromatic rings. The van der Waals surface area contributed by atoms with Crippen LogP contribution >= 0.6 is 0 Å². The summed E-state index contributed by atoms with van der Waals surface area (Å²) in [6.07, 6.45) is -2.56. The summed E-state index contributed by atoms with van der Waals surface area (Å²) in [5.41, 5.74) is -6.65. The number of ether oxygens (including phenoxy) is 2. The fraction of sp³-hybridized carbons (Fsp3) is 0.750. The molecule has 0 amide bonds. The summed E-state index contributed by atoms with van der Waals surface area (Å²) in [6, 6.07) is 0. The Morgan fingerprint density at radius 3 is 2.21 bits per heavy atom. The van der Waals surface area contributed by atoms with Gasteiger partial charge in [-0.2, -0.15) is 0 Å². The second-order valence-corrected chi connectivity index (χ2v) is 16.7. The summed E-state index contributed by atoms with van der Waals surface area (Å²) in [5.74, 6) is -3.51. The highest BCUT2D eigenvalue weighted by Gasteiger charge is 2.74. The standard InChI is InChI=1S/C36H52O12/c1-31(2,45)12-11-23(39)36(8,46)28-19(38)14-33(5)22-10-9-17-18(35(22,7)24(40)15-34(28,33)6)13-20(29(44)32(17,3)4)47-30-27(43)26(42)25(41)21(16-37)48-30/h9,11-13,18-19,21-22,25-28,30,37-38,41-43,45-46H,10,14-16H2,1-8H3/b12-11+/t18-,19-,21-,22+,25-,26+,27-,28+,30-,33+,34-,35+,36+/m1/s1. The van der Waals surface area contributed by atoms with Gasteiger partial charge in [0.05, 0.1) is 23.7 Å². The van der Waals surface area contributed by atoms with Crippen molar-refractivity contribution in [2.24, 2.45) is 39.4 Å². The molecule has 3 fully saturated rings. The SMILES string of the molecule is CC(C)(O)/C=C/C(=O)[C@](C)(O)[C@H]1[C@H](O)C[C@@]2(C)[C@@H]3CC=C4[C@@H](C=C(O[C@@H]5O[C@H](CO)[C@@H](O)[C@H](O)[C@H]5O)C(=O)C4(C)C)[C@]3(C)C(=O)C[C@]12C. The third-order valence-electron chi connectivity index (χ3n) is 12.9. The topological polar surface area (TPSA) is 211 Å². The van der Waals surface area contributed by atoms with E-state index in [0.717, 1.165) is 11.6 Å². The van der Waals surface area contributed by atoms with Gasteiger partial charge in [0.25, 0.3) is 0 Å². The number of rotatable bonds is 7. The molecular formula is C36H52O12. The van der Waals surface area contributed by atoms with Gasteiger partial charge in [0.15, 0.2) is 11.5 Å². The Labute approximate surface area is 281 Å². The molecule has 5 aliphatic rings. The number of hydrogen-bond acceptors (Lipinski definition) is 12. The molecular weight excluding hydrogens is 624 g/mol. The Morgan fingerprint density at radius 2 is 1.62 bits per heavy atom. The van der Waals surface area contributed by atoms with Crippen molar-refractivity contribution >= 4 is 17.3 Å². The van der Waals surface area contributed by atoms with Gasteiger partial charge >= 0.3 is 0 Å². The molecule has 2 saturated carbocycles. The van der Waals surface area contributed by atoms with Crippen LogP contribution < -0.4 is 0 Å². The first-order valence-electron chi connectivity index (χ1n) is 16.7. The molecule has 5 rings (SSSR count). The largest absolute Gasteiger partial charge is 0.459 e. The molecule has 0 bridgehead atoms. The Hall–Kier alpha value is -2.29. The third-order valence-corrected chi connectivity index (χ3v) is 12.9. The van der Waals surface area contributed by atoms with Crippen molar-refractivity contribution in [3.63, 3.8) is 0 Å². The summed E-state index contributed by atoms with van der Waals surface area (Å²) in [5, 5.41) is 74.4. The molecule has 0 aromatic heterocycles. The zero-order valence-electron chi connectivity index (χ0n) is 29.0. The molecule has 1 saturated heterocycles. The lowest BCUT2D eigenvalue weighted by Crippen LogP contribution is -2.64. The molecule has 48 heavy (non-hydrogen) atoms. The number of fused-ring (bicyclic) bond motifs is 5. The summed E-state index contributed by atoms with van der Waals surface area (Å²) in [4.78, 5) is 41.9. The predicted octanol–water partition coefficient (Wildman–Crippen LogP) is 0.878. The maximum Gasteiger partial charge on any atom is 0.229 e. The number of carbonyl (C=O) groups excluding carboxylic acids is 3. The van der Waals surface area contributed by atoms with Gasteiger partial charge in [-0.05, 0) is 76.4 Å². The van der Waals surface area contributed by atoms with Crippen molar-refractivity contribution in [2.45, 2.75) is 123 Å². The van der Waals surface area contributed by atoms with E-state index in [1.165, 1.54) is 26.8 Å². The first-order chi connectivity index (χ1) is 21.9. The molecule has 7 N–H and O–H groups in total. The number of Topliss-reactive ketones (excluding diaryl/α,β-unsaturated/α-hetero) is 2. The minimum Gasteiger partial charge on any atom is -0.459 e. The Bertz CT molecular complexity index is 1450. The molecule has 13 atom stereocenters. The predicted molar refractivity (Wildman–Crippen MR) is 171 cm³/mol. The number of aliphatic hydroxyl groups is 7. The zero-order valence-corrected chi connectivity index (χ0v) is 29.0. The highest BCUT2D eigenvalue weighted by molar-refractivity contribution is 6.02. The monoisotopic (exact) mass is 676 g/mol. The molecule has 268 valence electrons. The van der Waals surface area contributed by atoms with Crippen LogP contribution in [0, 0.1) is 39.4 Å². The van der Waals surface area contributed by atoms with E-state index >= 15 is 0 Å². The average molecular weight is 677 g/mol. The number of aliphatic hydroxyl groups excluding tert-OH is 5.